The highest BCUT2D eigenvalue weighted by Crippen LogP contribution is 2.23. The van der Waals surface area contributed by atoms with E-state index in [1.54, 1.807) is 24.3 Å². The lowest BCUT2D eigenvalue weighted by molar-refractivity contribution is -0.274. The highest BCUT2D eigenvalue weighted by molar-refractivity contribution is 6.30. The number of halogens is 4. The van der Waals surface area contributed by atoms with Crippen molar-refractivity contribution in [1.82, 2.24) is 5.32 Å². The summed E-state index contributed by atoms with van der Waals surface area (Å²) in [5, 5.41) is 12.4. The predicted octanol–water partition coefficient (Wildman–Crippen LogP) is 4.47. The number of carbonyl (C=O) groups excluding carboxylic acids is 1. The third-order valence-corrected chi connectivity index (χ3v) is 3.77. The first-order chi connectivity index (χ1) is 13.1. The van der Waals surface area contributed by atoms with E-state index in [2.05, 4.69) is 10.1 Å². The third kappa shape index (κ3) is 6.76. The Morgan fingerprint density at radius 2 is 1.89 bits per heavy atom. The zero-order valence-corrected chi connectivity index (χ0v) is 15.5. The standard InChI is InChI=1S/C19H16ClF3N2O3/c1-18(11-24,12-27-10-13-3-2-4-15(20)9-13)25-17(26)14-5-7-16(8-6-14)28-19(21,22)23/h2-9H,10,12H2,1H3,(H,25,26). The van der Waals surface area contributed by atoms with Gasteiger partial charge in [-0.3, -0.25) is 4.79 Å². The summed E-state index contributed by atoms with van der Waals surface area (Å²) < 4.78 is 45.8. The molecule has 0 aliphatic carbocycles. The number of amides is 1. The second kappa shape index (κ2) is 8.95. The number of ether oxygens (including phenoxy) is 2. The Balaban J connectivity index is 1.94. The molecule has 1 atom stereocenters. The Labute approximate surface area is 164 Å². The molecule has 148 valence electrons. The number of benzene rings is 2. The minimum atomic E-state index is -4.82. The van der Waals surface area contributed by atoms with Crippen LogP contribution in [0.1, 0.15) is 22.8 Å². The van der Waals surface area contributed by atoms with Crippen LogP contribution in [0, 0.1) is 11.3 Å². The second-order valence-corrected chi connectivity index (χ2v) is 6.53. The summed E-state index contributed by atoms with van der Waals surface area (Å²) in [5.74, 6) is -1.08. The van der Waals surface area contributed by atoms with Crippen molar-refractivity contribution in [2.24, 2.45) is 0 Å². The van der Waals surface area contributed by atoms with Crippen LogP contribution < -0.4 is 10.1 Å². The highest BCUT2D eigenvalue weighted by atomic mass is 35.5. The second-order valence-electron chi connectivity index (χ2n) is 6.09. The number of nitriles is 1. The van der Waals surface area contributed by atoms with Crippen molar-refractivity contribution in [3.05, 3.63) is 64.7 Å². The van der Waals surface area contributed by atoms with E-state index < -0.39 is 23.6 Å². The first-order valence-electron chi connectivity index (χ1n) is 8.02. The van der Waals surface area contributed by atoms with E-state index in [1.165, 1.54) is 19.1 Å². The summed E-state index contributed by atoms with van der Waals surface area (Å²) in [6.45, 7) is 1.57. The lowest BCUT2D eigenvalue weighted by Gasteiger charge is -2.23. The Morgan fingerprint density at radius 3 is 2.46 bits per heavy atom. The molecule has 28 heavy (non-hydrogen) atoms. The summed E-state index contributed by atoms with van der Waals surface area (Å²) in [7, 11) is 0. The quantitative estimate of drug-likeness (QED) is 0.728. The van der Waals surface area contributed by atoms with E-state index in [1.807, 2.05) is 6.07 Å². The van der Waals surface area contributed by atoms with Crippen LogP contribution in [0.2, 0.25) is 5.02 Å². The van der Waals surface area contributed by atoms with Crippen LogP contribution in [0.15, 0.2) is 48.5 Å². The number of nitrogens with one attached hydrogen (secondary N) is 1. The fraction of sp³-hybridized carbons (Fsp3) is 0.263. The van der Waals surface area contributed by atoms with Gasteiger partial charge < -0.3 is 14.8 Å². The van der Waals surface area contributed by atoms with Crippen LogP contribution in [0.3, 0.4) is 0 Å². The van der Waals surface area contributed by atoms with Gasteiger partial charge >= 0.3 is 6.36 Å². The van der Waals surface area contributed by atoms with Crippen LogP contribution >= 0.6 is 11.6 Å². The van der Waals surface area contributed by atoms with Crippen LogP contribution in [-0.4, -0.2) is 24.4 Å². The summed E-state index contributed by atoms with van der Waals surface area (Å²) in [6, 6.07) is 13.3. The summed E-state index contributed by atoms with van der Waals surface area (Å²) in [6.07, 6.45) is -4.82. The number of nitrogens with zero attached hydrogens (tertiary/aromatic N) is 1. The summed E-state index contributed by atoms with van der Waals surface area (Å²) in [5.41, 5.74) is -0.457. The van der Waals surface area contributed by atoms with Crippen LogP contribution in [0.5, 0.6) is 5.75 Å². The highest BCUT2D eigenvalue weighted by Gasteiger charge is 2.31. The van der Waals surface area contributed by atoms with E-state index in [0.29, 0.717) is 5.02 Å². The molecule has 2 aromatic carbocycles. The first-order valence-corrected chi connectivity index (χ1v) is 8.40. The third-order valence-electron chi connectivity index (χ3n) is 3.53. The number of hydrogen-bond acceptors (Lipinski definition) is 4. The molecule has 2 rings (SSSR count). The maximum Gasteiger partial charge on any atom is 0.573 e. The van der Waals surface area contributed by atoms with Crippen molar-refractivity contribution >= 4 is 17.5 Å². The fourth-order valence-corrected chi connectivity index (χ4v) is 2.44. The molecular formula is C19H16ClF3N2O3. The molecule has 0 aromatic heterocycles. The van der Waals surface area contributed by atoms with E-state index in [-0.39, 0.29) is 18.8 Å². The molecule has 0 heterocycles. The van der Waals surface area contributed by atoms with Crippen molar-refractivity contribution in [3.8, 4) is 11.8 Å². The maximum atomic E-state index is 12.3. The van der Waals surface area contributed by atoms with E-state index in [4.69, 9.17) is 16.3 Å². The molecule has 0 fully saturated rings. The zero-order chi connectivity index (χ0) is 20.8. The Kier molecular flexibility index (Phi) is 6.89. The molecule has 0 saturated heterocycles. The lowest BCUT2D eigenvalue weighted by Crippen LogP contribution is -2.48. The zero-order valence-electron chi connectivity index (χ0n) is 14.7. The average Bonchev–Trinajstić information content (AvgIpc) is 2.61. The molecule has 0 radical (unpaired) electrons. The summed E-state index contributed by atoms with van der Waals surface area (Å²) >= 11 is 5.89. The SMILES string of the molecule is CC(C#N)(COCc1cccc(Cl)c1)NC(=O)c1ccc(OC(F)(F)F)cc1. The number of carbonyl (C=O) groups is 1. The minimum Gasteiger partial charge on any atom is -0.406 e. The first kappa shape index (κ1) is 21.5. The summed E-state index contributed by atoms with van der Waals surface area (Å²) in [4.78, 5) is 12.3. The van der Waals surface area contributed by atoms with Gasteiger partial charge in [0, 0.05) is 10.6 Å². The van der Waals surface area contributed by atoms with Crippen molar-refractivity contribution in [1.29, 1.82) is 5.26 Å². The lowest BCUT2D eigenvalue weighted by atomic mass is 10.1. The molecule has 0 aliphatic heterocycles. The Morgan fingerprint density at radius 1 is 1.21 bits per heavy atom. The van der Waals surface area contributed by atoms with Crippen LogP contribution in [-0.2, 0) is 11.3 Å². The van der Waals surface area contributed by atoms with Crippen LogP contribution in [0.4, 0.5) is 13.2 Å². The smallest absolute Gasteiger partial charge is 0.406 e. The van der Waals surface area contributed by atoms with Gasteiger partial charge in [0.2, 0.25) is 0 Å². The molecule has 0 aliphatic rings. The fourth-order valence-electron chi connectivity index (χ4n) is 2.23. The molecule has 2 aromatic rings. The van der Waals surface area contributed by atoms with Gasteiger partial charge in [-0.2, -0.15) is 5.26 Å². The van der Waals surface area contributed by atoms with E-state index in [0.717, 1.165) is 17.7 Å². The molecule has 0 bridgehead atoms. The molecule has 0 saturated carbocycles. The Bertz CT molecular complexity index is 866. The monoisotopic (exact) mass is 412 g/mol. The topological polar surface area (TPSA) is 71.3 Å². The molecule has 9 heteroatoms. The minimum absolute atomic E-state index is 0.0749. The van der Waals surface area contributed by atoms with Crippen molar-refractivity contribution in [3.63, 3.8) is 0 Å². The molecule has 5 nitrogen and oxygen atoms in total. The van der Waals surface area contributed by atoms with Crippen molar-refractivity contribution < 1.29 is 27.4 Å². The van der Waals surface area contributed by atoms with Gasteiger partial charge in [0.15, 0.2) is 0 Å². The Hall–Kier alpha value is -2.76. The number of hydrogen-bond donors (Lipinski definition) is 1. The number of alkyl halides is 3. The molecule has 1 unspecified atom stereocenters. The van der Waals surface area contributed by atoms with E-state index >= 15 is 0 Å². The van der Waals surface area contributed by atoms with Gasteiger partial charge in [-0.25, -0.2) is 0 Å². The van der Waals surface area contributed by atoms with E-state index in [9.17, 15) is 23.2 Å². The van der Waals surface area contributed by atoms with Gasteiger partial charge in [0.05, 0.1) is 19.3 Å². The van der Waals surface area contributed by atoms with Crippen LogP contribution in [0.25, 0.3) is 0 Å². The van der Waals surface area contributed by atoms with Gasteiger partial charge in [0.25, 0.3) is 5.91 Å². The molecular weight excluding hydrogens is 397 g/mol. The molecule has 1 amide bonds. The molecule has 1 N–H and O–H groups in total. The number of rotatable bonds is 7. The normalized spacial score (nSPS) is 13.3. The van der Waals surface area contributed by atoms with Gasteiger partial charge in [-0.05, 0) is 48.9 Å². The van der Waals surface area contributed by atoms with Crippen molar-refractivity contribution in [2.45, 2.75) is 25.4 Å². The molecule has 0 spiro atoms. The average molecular weight is 413 g/mol. The van der Waals surface area contributed by atoms with Crippen molar-refractivity contribution in [2.75, 3.05) is 6.61 Å². The predicted molar refractivity (Wildman–Crippen MR) is 95.7 cm³/mol. The maximum absolute atomic E-state index is 12.3. The van der Waals surface area contributed by atoms with Gasteiger partial charge in [-0.15, -0.1) is 13.2 Å². The van der Waals surface area contributed by atoms with Gasteiger partial charge in [-0.1, -0.05) is 23.7 Å². The van der Waals surface area contributed by atoms with Gasteiger partial charge in [0.1, 0.15) is 11.3 Å². The largest absolute Gasteiger partial charge is 0.573 e.